The van der Waals surface area contributed by atoms with Gasteiger partial charge in [-0.25, -0.2) is 0 Å². The third-order valence-electron chi connectivity index (χ3n) is 2.13. The van der Waals surface area contributed by atoms with Gasteiger partial charge in [-0.15, -0.1) is 0 Å². The van der Waals surface area contributed by atoms with Crippen LogP contribution in [0.15, 0.2) is 11.2 Å². The Morgan fingerprint density at radius 1 is 1.33 bits per heavy atom. The molecular formula is C11H12BrNO2. The monoisotopic (exact) mass is 269 g/mol. The van der Waals surface area contributed by atoms with Gasteiger partial charge in [0.1, 0.15) is 0 Å². The van der Waals surface area contributed by atoms with Crippen LogP contribution in [0.5, 0.6) is 11.5 Å². The minimum absolute atomic E-state index is 0.606. The number of hydrogen-bond donors (Lipinski definition) is 0. The van der Waals surface area contributed by atoms with Gasteiger partial charge < -0.3 is 9.47 Å². The van der Waals surface area contributed by atoms with Gasteiger partial charge >= 0.3 is 0 Å². The molecule has 0 aliphatic carbocycles. The molecule has 0 atom stereocenters. The summed E-state index contributed by atoms with van der Waals surface area (Å²) < 4.78 is 11.4. The van der Waals surface area contributed by atoms with E-state index in [9.17, 15) is 0 Å². The molecule has 1 aromatic rings. The number of pyridine rings is 1. The molecule has 2 heterocycles. The fraction of sp³-hybridized carbons (Fsp3) is 0.364. The molecule has 0 radical (unpaired) electrons. The highest BCUT2D eigenvalue weighted by Crippen LogP contribution is 2.43. The van der Waals surface area contributed by atoms with Gasteiger partial charge in [0.15, 0.2) is 11.5 Å². The Labute approximate surface area is 97.2 Å². The van der Waals surface area contributed by atoms with Crippen molar-refractivity contribution in [3.63, 3.8) is 0 Å². The number of aromatic nitrogens is 1. The average molecular weight is 270 g/mol. The van der Waals surface area contributed by atoms with Crippen LogP contribution < -0.4 is 9.47 Å². The largest absolute Gasteiger partial charge is 0.448 e. The van der Waals surface area contributed by atoms with Crippen LogP contribution >= 0.6 is 15.9 Å². The molecule has 0 fully saturated rings. The molecule has 0 bridgehead atoms. The number of fused-ring (bicyclic) bond motifs is 1. The molecule has 1 aliphatic rings. The van der Waals surface area contributed by atoms with Gasteiger partial charge in [-0.2, -0.15) is 0 Å². The van der Waals surface area contributed by atoms with Crippen molar-refractivity contribution in [1.29, 1.82) is 0 Å². The van der Waals surface area contributed by atoms with E-state index in [1.807, 2.05) is 26.8 Å². The molecule has 80 valence electrons. The number of nitrogens with zero attached hydrogens (tertiary/aromatic N) is 1. The van der Waals surface area contributed by atoms with Gasteiger partial charge in [0.25, 0.3) is 0 Å². The average Bonchev–Trinajstić information content (AvgIpc) is 2.47. The van der Waals surface area contributed by atoms with E-state index in [4.69, 9.17) is 9.47 Å². The van der Waals surface area contributed by atoms with Crippen molar-refractivity contribution in [2.75, 3.05) is 0 Å². The van der Waals surface area contributed by atoms with E-state index >= 15 is 0 Å². The van der Waals surface area contributed by atoms with Gasteiger partial charge in [0.2, 0.25) is 5.79 Å². The molecule has 15 heavy (non-hydrogen) atoms. The van der Waals surface area contributed by atoms with Crippen LogP contribution in [0, 0.1) is 6.92 Å². The number of hydrogen-bond acceptors (Lipinski definition) is 3. The lowest BCUT2D eigenvalue weighted by Gasteiger charge is -2.16. The van der Waals surface area contributed by atoms with Crippen molar-refractivity contribution < 1.29 is 9.47 Å². The predicted molar refractivity (Wildman–Crippen MR) is 62.3 cm³/mol. The number of rotatable bonds is 1. The van der Waals surface area contributed by atoms with Crippen LogP contribution in [0.3, 0.4) is 0 Å². The zero-order valence-electron chi connectivity index (χ0n) is 8.87. The van der Waals surface area contributed by atoms with Crippen LogP contribution in [0.25, 0.3) is 6.08 Å². The minimum Gasteiger partial charge on any atom is -0.448 e. The molecule has 1 aliphatic heterocycles. The second kappa shape index (κ2) is 3.52. The molecule has 0 amide bonds. The summed E-state index contributed by atoms with van der Waals surface area (Å²) in [5.74, 6) is 0.900. The normalized spacial score (nSPS) is 17.3. The van der Waals surface area contributed by atoms with Crippen molar-refractivity contribution in [3.05, 3.63) is 22.4 Å². The molecule has 0 saturated heterocycles. The Morgan fingerprint density at radius 2 is 2.00 bits per heavy atom. The highest BCUT2D eigenvalue weighted by molar-refractivity contribution is 9.11. The zero-order valence-corrected chi connectivity index (χ0v) is 10.5. The first-order chi connectivity index (χ1) is 7.03. The highest BCUT2D eigenvalue weighted by Gasteiger charge is 2.34. The molecule has 1 aromatic heterocycles. The van der Waals surface area contributed by atoms with Gasteiger partial charge in [0.05, 0.1) is 5.69 Å². The highest BCUT2D eigenvalue weighted by atomic mass is 79.9. The van der Waals surface area contributed by atoms with E-state index in [2.05, 4.69) is 20.9 Å². The van der Waals surface area contributed by atoms with Crippen molar-refractivity contribution in [2.24, 2.45) is 0 Å². The van der Waals surface area contributed by atoms with E-state index in [1.165, 1.54) is 0 Å². The summed E-state index contributed by atoms with van der Waals surface area (Å²) >= 11 is 3.24. The second-order valence-electron chi connectivity index (χ2n) is 3.85. The fourth-order valence-corrected chi connectivity index (χ4v) is 1.79. The SMILES string of the molecule is Cc1ncc(/C=C/Br)c2c1OC(C)(C)O2. The van der Waals surface area contributed by atoms with Gasteiger partial charge in [-0.3, -0.25) is 4.98 Å². The summed E-state index contributed by atoms with van der Waals surface area (Å²) in [5.41, 5.74) is 1.76. The molecule has 0 aromatic carbocycles. The number of ether oxygens (including phenoxy) is 2. The molecule has 0 N–H and O–H groups in total. The first-order valence-corrected chi connectivity index (χ1v) is 5.59. The topological polar surface area (TPSA) is 31.4 Å². The van der Waals surface area contributed by atoms with E-state index in [0.29, 0.717) is 0 Å². The third-order valence-corrected chi connectivity index (χ3v) is 2.40. The van der Waals surface area contributed by atoms with Gasteiger partial charge in [-0.1, -0.05) is 15.9 Å². The molecule has 2 rings (SSSR count). The maximum absolute atomic E-state index is 5.72. The standard InChI is InChI=1S/C11H12BrNO2/c1-7-9-10(15-11(2,3)14-9)8(4-5-12)6-13-7/h4-6H,1-3H3/b5-4+. The van der Waals surface area contributed by atoms with Crippen LogP contribution in [0.2, 0.25) is 0 Å². The summed E-state index contributed by atoms with van der Waals surface area (Å²) in [6, 6.07) is 0. The summed E-state index contributed by atoms with van der Waals surface area (Å²) in [5, 5.41) is 0. The fourth-order valence-electron chi connectivity index (χ4n) is 1.50. The molecule has 0 saturated carbocycles. The molecule has 0 spiro atoms. The Balaban J connectivity index is 2.54. The first-order valence-electron chi connectivity index (χ1n) is 4.68. The van der Waals surface area contributed by atoms with E-state index in [-0.39, 0.29) is 0 Å². The van der Waals surface area contributed by atoms with E-state index in [0.717, 1.165) is 22.8 Å². The zero-order chi connectivity index (χ0) is 11.1. The van der Waals surface area contributed by atoms with Crippen molar-refractivity contribution >= 4 is 22.0 Å². The van der Waals surface area contributed by atoms with Crippen molar-refractivity contribution in [1.82, 2.24) is 4.98 Å². The van der Waals surface area contributed by atoms with Gasteiger partial charge in [-0.05, 0) is 18.0 Å². The van der Waals surface area contributed by atoms with Crippen LogP contribution in [0.4, 0.5) is 0 Å². The maximum Gasteiger partial charge on any atom is 0.246 e. The second-order valence-corrected chi connectivity index (χ2v) is 4.38. The van der Waals surface area contributed by atoms with E-state index < -0.39 is 5.79 Å². The van der Waals surface area contributed by atoms with Gasteiger partial charge in [0, 0.05) is 25.6 Å². The lowest BCUT2D eigenvalue weighted by Crippen LogP contribution is -2.30. The molecule has 4 heteroatoms. The lowest BCUT2D eigenvalue weighted by atomic mass is 10.2. The third kappa shape index (κ3) is 1.86. The summed E-state index contributed by atoms with van der Waals surface area (Å²) in [6.45, 7) is 5.67. The van der Waals surface area contributed by atoms with E-state index in [1.54, 1.807) is 11.2 Å². The predicted octanol–water partition coefficient (Wildman–Crippen LogP) is 3.26. The minimum atomic E-state index is -0.606. The van der Waals surface area contributed by atoms with Crippen molar-refractivity contribution in [2.45, 2.75) is 26.6 Å². The van der Waals surface area contributed by atoms with Crippen LogP contribution in [0.1, 0.15) is 25.1 Å². The molecule has 3 nitrogen and oxygen atoms in total. The lowest BCUT2D eigenvalue weighted by molar-refractivity contribution is -0.0435. The summed E-state index contributed by atoms with van der Waals surface area (Å²) in [4.78, 5) is 6.03. The molecule has 0 unspecified atom stereocenters. The molecular weight excluding hydrogens is 258 g/mol. The summed E-state index contributed by atoms with van der Waals surface area (Å²) in [7, 11) is 0. The quantitative estimate of drug-likeness (QED) is 0.784. The first kappa shape index (κ1) is 10.5. The van der Waals surface area contributed by atoms with Crippen LogP contribution in [-0.4, -0.2) is 10.8 Å². The number of halogens is 1. The Hall–Kier alpha value is -1.03. The Bertz CT molecular complexity index is 427. The van der Waals surface area contributed by atoms with Crippen LogP contribution in [-0.2, 0) is 0 Å². The summed E-state index contributed by atoms with van der Waals surface area (Å²) in [6.07, 6.45) is 3.66. The smallest absolute Gasteiger partial charge is 0.246 e. The maximum atomic E-state index is 5.72. The Kier molecular flexibility index (Phi) is 2.46. The number of aryl methyl sites for hydroxylation is 1. The van der Waals surface area contributed by atoms with Crippen molar-refractivity contribution in [3.8, 4) is 11.5 Å². The Morgan fingerprint density at radius 3 is 2.67 bits per heavy atom.